The fourth-order valence-electron chi connectivity index (χ4n) is 2.93. The fourth-order valence-corrected chi connectivity index (χ4v) is 2.93. The number of nitrogens with one attached hydrogen (secondary N) is 2. The number of carbonyl (C=O) groups is 2. The van der Waals surface area contributed by atoms with Gasteiger partial charge in [-0.3, -0.25) is 9.59 Å². The Morgan fingerprint density at radius 3 is 2.48 bits per heavy atom. The van der Waals surface area contributed by atoms with E-state index in [0.29, 0.717) is 47.5 Å². The van der Waals surface area contributed by atoms with Crippen LogP contribution < -0.4 is 24.8 Å². The molecule has 0 atom stereocenters. The van der Waals surface area contributed by atoms with Crippen LogP contribution in [0.3, 0.4) is 0 Å². The molecule has 1 aromatic heterocycles. The van der Waals surface area contributed by atoms with Gasteiger partial charge in [0.15, 0.2) is 11.5 Å². The van der Waals surface area contributed by atoms with Crippen molar-refractivity contribution in [2.45, 2.75) is 0 Å². The van der Waals surface area contributed by atoms with E-state index < -0.39 is 11.8 Å². The second-order valence-corrected chi connectivity index (χ2v) is 6.57. The highest BCUT2D eigenvalue weighted by atomic mass is 16.6. The quantitative estimate of drug-likeness (QED) is 0.593. The van der Waals surface area contributed by atoms with E-state index in [1.807, 2.05) is 0 Å². The minimum atomic E-state index is -0.519. The molecule has 0 saturated carbocycles. The van der Waals surface area contributed by atoms with E-state index in [-0.39, 0.29) is 5.70 Å². The lowest BCUT2D eigenvalue weighted by Crippen LogP contribution is -2.30. The number of ether oxygens (including phenoxy) is 3. The molecule has 0 unspecified atom stereocenters. The van der Waals surface area contributed by atoms with Gasteiger partial charge in [-0.25, -0.2) is 0 Å². The Kier molecular flexibility index (Phi) is 5.89. The highest BCUT2D eigenvalue weighted by Crippen LogP contribution is 2.32. The van der Waals surface area contributed by atoms with Crippen LogP contribution in [0.4, 0.5) is 5.69 Å². The van der Waals surface area contributed by atoms with Gasteiger partial charge in [-0.05, 0) is 48.5 Å². The number of rotatable bonds is 6. The predicted octanol–water partition coefficient (Wildman–Crippen LogP) is 3.47. The normalized spacial score (nSPS) is 12.7. The van der Waals surface area contributed by atoms with Gasteiger partial charge in [0.1, 0.15) is 30.4 Å². The summed E-state index contributed by atoms with van der Waals surface area (Å²) in [6.07, 6.45) is 2.93. The first-order valence-electron chi connectivity index (χ1n) is 9.54. The number of carbonyl (C=O) groups excluding carboxylic acids is 2. The molecule has 2 aromatic carbocycles. The zero-order valence-electron chi connectivity index (χ0n) is 16.7. The van der Waals surface area contributed by atoms with E-state index in [2.05, 4.69) is 10.6 Å². The number of anilines is 1. The first-order chi connectivity index (χ1) is 15.1. The first kappa shape index (κ1) is 20.1. The molecule has 0 spiro atoms. The van der Waals surface area contributed by atoms with Gasteiger partial charge in [0.25, 0.3) is 11.8 Å². The Morgan fingerprint density at radius 2 is 1.77 bits per heavy atom. The van der Waals surface area contributed by atoms with E-state index >= 15 is 0 Å². The van der Waals surface area contributed by atoms with Crippen molar-refractivity contribution in [1.82, 2.24) is 5.32 Å². The van der Waals surface area contributed by atoms with Gasteiger partial charge >= 0.3 is 0 Å². The molecular weight excluding hydrogens is 400 g/mol. The van der Waals surface area contributed by atoms with E-state index in [1.54, 1.807) is 61.7 Å². The van der Waals surface area contributed by atoms with Crippen molar-refractivity contribution in [3.63, 3.8) is 0 Å². The molecule has 8 heteroatoms. The van der Waals surface area contributed by atoms with Gasteiger partial charge < -0.3 is 29.3 Å². The van der Waals surface area contributed by atoms with Gasteiger partial charge in [-0.1, -0.05) is 0 Å². The van der Waals surface area contributed by atoms with Crippen molar-refractivity contribution < 1.29 is 28.2 Å². The van der Waals surface area contributed by atoms with Crippen LogP contribution in [0, 0.1) is 0 Å². The third kappa shape index (κ3) is 4.87. The molecule has 3 aromatic rings. The molecule has 2 heterocycles. The third-order valence-corrected chi connectivity index (χ3v) is 4.47. The van der Waals surface area contributed by atoms with E-state index in [9.17, 15) is 9.59 Å². The number of amides is 2. The zero-order valence-corrected chi connectivity index (χ0v) is 16.7. The van der Waals surface area contributed by atoms with Crippen LogP contribution in [0.25, 0.3) is 6.08 Å². The minimum Gasteiger partial charge on any atom is -0.497 e. The molecule has 0 radical (unpaired) electrons. The molecule has 0 fully saturated rings. The molecule has 0 saturated heterocycles. The molecule has 2 N–H and O–H groups in total. The van der Waals surface area contributed by atoms with Crippen molar-refractivity contribution in [1.29, 1.82) is 0 Å². The van der Waals surface area contributed by atoms with Crippen LogP contribution in [0.5, 0.6) is 17.2 Å². The molecule has 4 rings (SSSR count). The Hall–Kier alpha value is -4.20. The van der Waals surface area contributed by atoms with Crippen molar-refractivity contribution >= 4 is 23.6 Å². The number of furan rings is 1. The maximum absolute atomic E-state index is 12.9. The molecule has 8 nitrogen and oxygen atoms in total. The lowest BCUT2D eigenvalue weighted by atomic mass is 10.2. The van der Waals surface area contributed by atoms with Crippen molar-refractivity contribution in [2.24, 2.45) is 0 Å². The van der Waals surface area contributed by atoms with Crippen LogP contribution in [-0.4, -0.2) is 32.1 Å². The van der Waals surface area contributed by atoms with Gasteiger partial charge in [0.05, 0.1) is 13.4 Å². The molecular formula is C23H20N2O6. The average Bonchev–Trinajstić information content (AvgIpc) is 3.31. The summed E-state index contributed by atoms with van der Waals surface area (Å²) in [4.78, 5) is 25.6. The largest absolute Gasteiger partial charge is 0.497 e. The standard InChI is InChI=1S/C23H20N2O6/c1-28-17-7-4-15(5-8-17)22(26)25-19(14-18-3-2-10-29-18)23(27)24-16-6-9-20-21(13-16)31-12-11-30-20/h2-10,13-14H,11-12H2,1H3,(H,24,27)(H,25,26)/b19-14-. The van der Waals surface area contributed by atoms with Gasteiger partial charge in [-0.2, -0.15) is 0 Å². The van der Waals surface area contributed by atoms with E-state index in [0.717, 1.165) is 0 Å². The topological polar surface area (TPSA) is 99.0 Å². The Balaban J connectivity index is 1.54. The van der Waals surface area contributed by atoms with Crippen LogP contribution in [0.2, 0.25) is 0 Å². The maximum atomic E-state index is 12.9. The first-order valence-corrected chi connectivity index (χ1v) is 9.54. The molecule has 0 aliphatic carbocycles. The molecule has 31 heavy (non-hydrogen) atoms. The van der Waals surface area contributed by atoms with Gasteiger partial charge in [-0.15, -0.1) is 0 Å². The summed E-state index contributed by atoms with van der Waals surface area (Å²) in [5.41, 5.74) is 0.891. The van der Waals surface area contributed by atoms with Gasteiger partial charge in [0.2, 0.25) is 0 Å². The molecule has 2 amide bonds. The van der Waals surface area contributed by atoms with E-state index in [1.165, 1.54) is 12.3 Å². The summed E-state index contributed by atoms with van der Waals surface area (Å²) in [6, 6.07) is 15.0. The van der Waals surface area contributed by atoms with Crippen molar-refractivity contribution in [3.8, 4) is 17.2 Å². The predicted molar refractivity (Wildman–Crippen MR) is 113 cm³/mol. The zero-order chi connectivity index (χ0) is 21.6. The maximum Gasteiger partial charge on any atom is 0.272 e. The summed E-state index contributed by atoms with van der Waals surface area (Å²) < 4.78 is 21.4. The van der Waals surface area contributed by atoms with E-state index in [4.69, 9.17) is 18.6 Å². The van der Waals surface area contributed by atoms with Crippen LogP contribution in [0.1, 0.15) is 16.1 Å². The molecule has 1 aliphatic rings. The number of hydrogen-bond donors (Lipinski definition) is 2. The van der Waals surface area contributed by atoms with Gasteiger partial charge in [0, 0.05) is 23.4 Å². The third-order valence-electron chi connectivity index (χ3n) is 4.47. The lowest BCUT2D eigenvalue weighted by molar-refractivity contribution is -0.113. The number of methoxy groups -OCH3 is 1. The average molecular weight is 420 g/mol. The SMILES string of the molecule is COc1ccc(C(=O)N/C(=C\c2ccco2)C(=O)Nc2ccc3c(c2)OCCO3)cc1. The Bertz CT molecular complexity index is 1100. The summed E-state index contributed by atoms with van der Waals surface area (Å²) in [5, 5.41) is 5.41. The summed E-state index contributed by atoms with van der Waals surface area (Å²) >= 11 is 0. The molecule has 1 aliphatic heterocycles. The summed E-state index contributed by atoms with van der Waals surface area (Å²) in [7, 11) is 1.54. The smallest absolute Gasteiger partial charge is 0.272 e. The monoisotopic (exact) mass is 420 g/mol. The number of benzene rings is 2. The Morgan fingerprint density at radius 1 is 1.00 bits per heavy atom. The summed E-state index contributed by atoms with van der Waals surface area (Å²) in [6.45, 7) is 0.915. The highest BCUT2D eigenvalue weighted by Gasteiger charge is 2.18. The van der Waals surface area contributed by atoms with Crippen molar-refractivity contribution in [2.75, 3.05) is 25.6 Å². The Labute approximate surface area is 178 Å². The second kappa shape index (κ2) is 9.08. The lowest BCUT2D eigenvalue weighted by Gasteiger charge is -2.19. The number of hydrogen-bond acceptors (Lipinski definition) is 6. The fraction of sp³-hybridized carbons (Fsp3) is 0.130. The number of fused-ring (bicyclic) bond motifs is 1. The van der Waals surface area contributed by atoms with Crippen LogP contribution >= 0.6 is 0 Å². The molecule has 0 bridgehead atoms. The van der Waals surface area contributed by atoms with Crippen molar-refractivity contribution in [3.05, 3.63) is 77.9 Å². The van der Waals surface area contributed by atoms with Crippen LogP contribution in [0.15, 0.2) is 71.0 Å². The highest BCUT2D eigenvalue weighted by molar-refractivity contribution is 6.10. The van der Waals surface area contributed by atoms with Crippen LogP contribution in [-0.2, 0) is 4.79 Å². The summed E-state index contributed by atoms with van der Waals surface area (Å²) in [5.74, 6) is 1.24. The molecule has 158 valence electrons. The second-order valence-electron chi connectivity index (χ2n) is 6.57. The minimum absolute atomic E-state index is 0.0191.